The van der Waals surface area contributed by atoms with Gasteiger partial charge in [-0.1, -0.05) is 13.8 Å². The second-order valence-electron chi connectivity index (χ2n) is 7.35. The van der Waals surface area contributed by atoms with Crippen LogP contribution in [-0.4, -0.2) is 27.7 Å². The lowest BCUT2D eigenvalue weighted by molar-refractivity contribution is -0.155. The summed E-state index contributed by atoms with van der Waals surface area (Å²) >= 11 is 0. The molecule has 2 aliphatic carbocycles. The number of hydrogen-bond acceptors (Lipinski definition) is 3. The van der Waals surface area contributed by atoms with Gasteiger partial charge in [0.1, 0.15) is 5.78 Å². The Morgan fingerprint density at radius 1 is 1.39 bits per heavy atom. The van der Waals surface area contributed by atoms with Gasteiger partial charge < -0.3 is 10.2 Å². The number of aliphatic hydroxyl groups excluding tert-OH is 1. The van der Waals surface area contributed by atoms with Gasteiger partial charge in [0.2, 0.25) is 0 Å². The van der Waals surface area contributed by atoms with Crippen LogP contribution in [-0.2, 0) is 4.79 Å². The van der Waals surface area contributed by atoms with Gasteiger partial charge in [0.25, 0.3) is 0 Å². The number of aliphatic hydroxyl groups is 2. The standard InChI is InChI=1S/C15H26O3/c1-9-7-10(16)8-15(4)6-5-11(14(2,3)18)13(17)12(9)15/h9-12,16,18H,5-8H2,1-4H3/t9-,10+,11-,12+,15+/m1/s1. The molecule has 0 radical (unpaired) electrons. The summed E-state index contributed by atoms with van der Waals surface area (Å²) in [5.74, 6) is 0.200. The number of hydrogen-bond donors (Lipinski definition) is 2. The number of carbonyl (C=O) groups is 1. The minimum Gasteiger partial charge on any atom is -0.393 e. The summed E-state index contributed by atoms with van der Waals surface area (Å²) in [7, 11) is 0. The Hall–Kier alpha value is -0.410. The van der Waals surface area contributed by atoms with Crippen LogP contribution >= 0.6 is 0 Å². The molecule has 0 aliphatic heterocycles. The summed E-state index contributed by atoms with van der Waals surface area (Å²) in [5.41, 5.74) is -0.996. The first-order chi connectivity index (χ1) is 8.15. The van der Waals surface area contributed by atoms with Gasteiger partial charge in [-0.2, -0.15) is 0 Å². The van der Waals surface area contributed by atoms with Crippen LogP contribution in [0, 0.1) is 23.2 Å². The van der Waals surface area contributed by atoms with Crippen molar-refractivity contribution in [3.8, 4) is 0 Å². The highest BCUT2D eigenvalue weighted by molar-refractivity contribution is 5.86. The predicted octanol–water partition coefficient (Wildman–Crippen LogP) is 2.15. The van der Waals surface area contributed by atoms with Crippen molar-refractivity contribution in [3.05, 3.63) is 0 Å². The molecule has 0 amide bonds. The van der Waals surface area contributed by atoms with E-state index in [9.17, 15) is 15.0 Å². The Morgan fingerprint density at radius 2 is 2.00 bits per heavy atom. The van der Waals surface area contributed by atoms with Gasteiger partial charge >= 0.3 is 0 Å². The lowest BCUT2D eigenvalue weighted by Gasteiger charge is -2.52. The third-order valence-corrected chi connectivity index (χ3v) is 5.17. The molecule has 5 atom stereocenters. The molecule has 2 aliphatic rings. The minimum atomic E-state index is -0.922. The Balaban J connectivity index is 2.28. The molecular weight excluding hydrogens is 228 g/mol. The molecule has 18 heavy (non-hydrogen) atoms. The van der Waals surface area contributed by atoms with E-state index in [0.717, 1.165) is 19.3 Å². The van der Waals surface area contributed by atoms with Crippen molar-refractivity contribution in [2.24, 2.45) is 23.2 Å². The van der Waals surface area contributed by atoms with Crippen molar-refractivity contribution >= 4 is 5.78 Å². The predicted molar refractivity (Wildman–Crippen MR) is 70.0 cm³/mol. The maximum atomic E-state index is 12.7. The van der Waals surface area contributed by atoms with Crippen LogP contribution in [0.4, 0.5) is 0 Å². The highest BCUT2D eigenvalue weighted by Gasteiger charge is 2.54. The average Bonchev–Trinajstić information content (AvgIpc) is 2.12. The highest BCUT2D eigenvalue weighted by atomic mass is 16.3. The third kappa shape index (κ3) is 2.23. The van der Waals surface area contributed by atoms with Crippen LogP contribution < -0.4 is 0 Å². The highest BCUT2D eigenvalue weighted by Crippen LogP contribution is 2.53. The molecular formula is C15H26O3. The van der Waals surface area contributed by atoms with Crippen molar-refractivity contribution in [3.63, 3.8) is 0 Å². The van der Waals surface area contributed by atoms with Crippen LogP contribution in [0.1, 0.15) is 53.4 Å². The van der Waals surface area contributed by atoms with Gasteiger partial charge in [-0.25, -0.2) is 0 Å². The van der Waals surface area contributed by atoms with E-state index >= 15 is 0 Å². The van der Waals surface area contributed by atoms with Crippen molar-refractivity contribution < 1.29 is 15.0 Å². The first-order valence-corrected chi connectivity index (χ1v) is 7.09. The molecule has 0 heterocycles. The molecule has 3 nitrogen and oxygen atoms in total. The first kappa shape index (κ1) is 14.0. The van der Waals surface area contributed by atoms with Gasteiger partial charge in [-0.05, 0) is 50.9 Å². The van der Waals surface area contributed by atoms with Gasteiger partial charge in [-0.3, -0.25) is 4.79 Å². The van der Waals surface area contributed by atoms with E-state index in [1.807, 2.05) is 0 Å². The van der Waals surface area contributed by atoms with E-state index < -0.39 is 5.60 Å². The number of rotatable bonds is 1. The van der Waals surface area contributed by atoms with Crippen LogP contribution in [0.3, 0.4) is 0 Å². The molecule has 0 aromatic heterocycles. The molecule has 0 aromatic carbocycles. The molecule has 2 fully saturated rings. The molecule has 2 saturated carbocycles. The smallest absolute Gasteiger partial charge is 0.142 e. The fourth-order valence-electron chi connectivity index (χ4n) is 4.42. The Kier molecular flexibility index (Phi) is 3.35. The van der Waals surface area contributed by atoms with E-state index in [4.69, 9.17) is 0 Å². The summed E-state index contributed by atoms with van der Waals surface area (Å²) in [6, 6.07) is 0. The fraction of sp³-hybridized carbons (Fsp3) is 0.933. The zero-order valence-corrected chi connectivity index (χ0v) is 11.9. The normalized spacial score (nSPS) is 45.8. The number of ketones is 1. The number of fused-ring (bicyclic) bond motifs is 1. The fourth-order valence-corrected chi connectivity index (χ4v) is 4.42. The van der Waals surface area contributed by atoms with E-state index in [0.29, 0.717) is 6.42 Å². The SMILES string of the molecule is C[C@@H]1C[C@H](O)C[C@]2(C)CC[C@@H](C(C)(C)O)C(=O)[C@H]12. The molecule has 3 heteroatoms. The Morgan fingerprint density at radius 3 is 2.56 bits per heavy atom. The molecule has 104 valence electrons. The molecule has 0 unspecified atom stereocenters. The van der Waals surface area contributed by atoms with E-state index in [1.165, 1.54) is 0 Å². The van der Waals surface area contributed by atoms with Gasteiger partial charge in [0.05, 0.1) is 11.7 Å². The van der Waals surface area contributed by atoms with Crippen molar-refractivity contribution in [1.82, 2.24) is 0 Å². The van der Waals surface area contributed by atoms with Crippen LogP contribution in [0.2, 0.25) is 0 Å². The average molecular weight is 254 g/mol. The van der Waals surface area contributed by atoms with E-state index in [2.05, 4.69) is 13.8 Å². The van der Waals surface area contributed by atoms with Crippen LogP contribution in [0.5, 0.6) is 0 Å². The number of carbonyl (C=O) groups excluding carboxylic acids is 1. The maximum absolute atomic E-state index is 12.7. The van der Waals surface area contributed by atoms with Gasteiger partial charge in [0, 0.05) is 11.8 Å². The van der Waals surface area contributed by atoms with Crippen molar-refractivity contribution in [1.29, 1.82) is 0 Å². The molecule has 0 bridgehead atoms. The largest absolute Gasteiger partial charge is 0.393 e. The zero-order valence-electron chi connectivity index (χ0n) is 11.9. The first-order valence-electron chi connectivity index (χ1n) is 7.09. The second kappa shape index (κ2) is 4.31. The van der Waals surface area contributed by atoms with Gasteiger partial charge in [-0.15, -0.1) is 0 Å². The Labute approximate surface area is 110 Å². The minimum absolute atomic E-state index is 0.00562. The molecule has 2 rings (SSSR count). The molecule has 0 saturated heterocycles. The summed E-state index contributed by atoms with van der Waals surface area (Å²) in [5, 5.41) is 20.1. The Bertz CT molecular complexity index is 344. The zero-order chi connectivity index (χ0) is 13.7. The van der Waals surface area contributed by atoms with Crippen LogP contribution in [0.25, 0.3) is 0 Å². The number of Topliss-reactive ketones (excluding diaryl/α,β-unsaturated/α-hetero) is 1. The summed E-state index contributed by atoms with van der Waals surface area (Å²) in [6.07, 6.45) is 2.85. The lowest BCUT2D eigenvalue weighted by Crippen LogP contribution is -2.54. The van der Waals surface area contributed by atoms with Crippen molar-refractivity contribution in [2.45, 2.75) is 65.1 Å². The summed E-state index contributed by atoms with van der Waals surface area (Å²) < 4.78 is 0. The van der Waals surface area contributed by atoms with E-state index in [-0.39, 0.29) is 35.1 Å². The second-order valence-corrected chi connectivity index (χ2v) is 7.35. The molecule has 0 aromatic rings. The van der Waals surface area contributed by atoms with E-state index in [1.54, 1.807) is 13.8 Å². The monoisotopic (exact) mass is 254 g/mol. The third-order valence-electron chi connectivity index (χ3n) is 5.17. The maximum Gasteiger partial charge on any atom is 0.142 e. The quantitative estimate of drug-likeness (QED) is 0.754. The topological polar surface area (TPSA) is 57.5 Å². The summed E-state index contributed by atoms with van der Waals surface area (Å²) in [4.78, 5) is 12.7. The molecule has 2 N–H and O–H groups in total. The molecule has 0 spiro atoms. The lowest BCUT2D eigenvalue weighted by atomic mass is 9.52. The summed E-state index contributed by atoms with van der Waals surface area (Å²) in [6.45, 7) is 7.67. The van der Waals surface area contributed by atoms with Gasteiger partial charge in [0.15, 0.2) is 0 Å². The van der Waals surface area contributed by atoms with Crippen molar-refractivity contribution in [2.75, 3.05) is 0 Å². The van der Waals surface area contributed by atoms with Crippen LogP contribution in [0.15, 0.2) is 0 Å².